The van der Waals surface area contributed by atoms with Crippen molar-refractivity contribution in [3.05, 3.63) is 29.3 Å². The van der Waals surface area contributed by atoms with Gasteiger partial charge in [-0.1, -0.05) is 19.4 Å². The van der Waals surface area contributed by atoms with Gasteiger partial charge >= 0.3 is 12.0 Å². The van der Waals surface area contributed by atoms with Crippen LogP contribution in [0.25, 0.3) is 0 Å². The average Bonchev–Trinajstić information content (AvgIpc) is 2.90. The molecule has 2 rings (SSSR count). The molecule has 0 radical (unpaired) electrons. The van der Waals surface area contributed by atoms with Crippen LogP contribution in [0.1, 0.15) is 37.3 Å². The van der Waals surface area contributed by atoms with Crippen LogP contribution in [0.5, 0.6) is 0 Å². The van der Waals surface area contributed by atoms with Gasteiger partial charge in [-0.05, 0) is 48.4 Å². The van der Waals surface area contributed by atoms with Crippen molar-refractivity contribution >= 4 is 17.7 Å². The van der Waals surface area contributed by atoms with Crippen LogP contribution < -0.4 is 10.6 Å². The van der Waals surface area contributed by atoms with Crippen molar-refractivity contribution in [3.8, 4) is 0 Å². The number of carbonyl (C=O) groups is 2. The molecule has 2 amide bonds. The largest absolute Gasteiger partial charge is 0.481 e. The molecule has 1 atom stereocenters. The Bertz CT molecular complexity index is 528. The molecule has 0 bridgehead atoms. The number of hydrogen-bond donors (Lipinski definition) is 3. The van der Waals surface area contributed by atoms with E-state index in [9.17, 15) is 9.59 Å². The number of carbonyl (C=O) groups excluding carboxylic acids is 1. The molecule has 1 unspecified atom stereocenters. The van der Waals surface area contributed by atoms with Crippen LogP contribution in [0.15, 0.2) is 18.2 Å². The van der Waals surface area contributed by atoms with Crippen molar-refractivity contribution < 1.29 is 14.7 Å². The van der Waals surface area contributed by atoms with Gasteiger partial charge in [-0.25, -0.2) is 4.79 Å². The van der Waals surface area contributed by atoms with E-state index in [2.05, 4.69) is 16.7 Å². The maximum absolute atomic E-state index is 11.8. The zero-order chi connectivity index (χ0) is 15.2. The molecule has 0 heterocycles. The molecule has 0 spiro atoms. The molecule has 1 aromatic carbocycles. The predicted octanol–water partition coefficient (Wildman–Crippen LogP) is 2.80. The average molecular weight is 290 g/mol. The highest BCUT2D eigenvalue weighted by molar-refractivity contribution is 5.89. The number of urea groups is 1. The van der Waals surface area contributed by atoms with Crippen LogP contribution in [0.4, 0.5) is 10.5 Å². The first-order valence-corrected chi connectivity index (χ1v) is 7.47. The summed E-state index contributed by atoms with van der Waals surface area (Å²) in [7, 11) is 0. The van der Waals surface area contributed by atoms with E-state index in [1.807, 2.05) is 19.1 Å². The first-order chi connectivity index (χ1) is 10.1. The van der Waals surface area contributed by atoms with E-state index >= 15 is 0 Å². The van der Waals surface area contributed by atoms with Crippen molar-refractivity contribution in [2.24, 2.45) is 5.92 Å². The van der Waals surface area contributed by atoms with Gasteiger partial charge in [0.05, 0.1) is 0 Å². The lowest BCUT2D eigenvalue weighted by Crippen LogP contribution is -2.33. The van der Waals surface area contributed by atoms with Crippen molar-refractivity contribution in [1.82, 2.24) is 5.32 Å². The smallest absolute Gasteiger partial charge is 0.319 e. The second-order valence-corrected chi connectivity index (χ2v) is 5.54. The molecular formula is C16H22N2O3. The molecule has 3 N–H and O–H groups in total. The van der Waals surface area contributed by atoms with Crippen LogP contribution in [0, 0.1) is 5.92 Å². The number of aliphatic carboxylic acids is 1. The highest BCUT2D eigenvalue weighted by Gasteiger charge is 2.14. The standard InChI is InChI=1S/C16H22N2O3/c1-2-11(8-15(19)20)10-17-16(21)18-14-7-6-12-4-3-5-13(12)9-14/h6-7,9,11H,2-5,8,10H2,1H3,(H,19,20)(H2,17,18,21). The van der Waals surface area contributed by atoms with Crippen LogP contribution in [-0.2, 0) is 17.6 Å². The number of nitrogens with one attached hydrogen (secondary N) is 2. The molecule has 0 saturated carbocycles. The number of carboxylic acid groups (broad SMARTS) is 1. The molecule has 0 fully saturated rings. The van der Waals surface area contributed by atoms with E-state index in [-0.39, 0.29) is 18.4 Å². The minimum absolute atomic E-state index is 0.0340. The summed E-state index contributed by atoms with van der Waals surface area (Å²) >= 11 is 0. The van der Waals surface area contributed by atoms with Crippen LogP contribution >= 0.6 is 0 Å². The summed E-state index contributed by atoms with van der Waals surface area (Å²) in [6, 6.07) is 5.73. The lowest BCUT2D eigenvalue weighted by atomic mass is 10.0. The monoisotopic (exact) mass is 290 g/mol. The summed E-state index contributed by atoms with van der Waals surface area (Å²) < 4.78 is 0. The van der Waals surface area contributed by atoms with Gasteiger partial charge in [0.25, 0.3) is 0 Å². The summed E-state index contributed by atoms with van der Waals surface area (Å²) in [5, 5.41) is 14.3. The molecule has 5 heteroatoms. The van der Waals surface area contributed by atoms with Gasteiger partial charge in [-0.2, -0.15) is 0 Å². The molecule has 114 valence electrons. The Balaban J connectivity index is 1.83. The number of anilines is 1. The van der Waals surface area contributed by atoms with E-state index in [4.69, 9.17) is 5.11 Å². The Morgan fingerprint density at radius 1 is 1.29 bits per heavy atom. The molecule has 1 aromatic rings. The van der Waals surface area contributed by atoms with Gasteiger partial charge < -0.3 is 15.7 Å². The van der Waals surface area contributed by atoms with Gasteiger partial charge in [-0.3, -0.25) is 4.79 Å². The summed E-state index contributed by atoms with van der Waals surface area (Å²) in [6.07, 6.45) is 4.18. The fraction of sp³-hybridized carbons (Fsp3) is 0.500. The zero-order valence-electron chi connectivity index (χ0n) is 12.3. The topological polar surface area (TPSA) is 78.4 Å². The first kappa shape index (κ1) is 15.4. The molecule has 0 aliphatic heterocycles. The highest BCUT2D eigenvalue weighted by Crippen LogP contribution is 2.24. The van der Waals surface area contributed by atoms with Crippen molar-refractivity contribution in [1.29, 1.82) is 0 Å². The lowest BCUT2D eigenvalue weighted by Gasteiger charge is -2.14. The molecule has 0 aromatic heterocycles. The van der Waals surface area contributed by atoms with Gasteiger partial charge in [0.2, 0.25) is 0 Å². The minimum Gasteiger partial charge on any atom is -0.481 e. The Morgan fingerprint density at radius 2 is 2.05 bits per heavy atom. The number of rotatable bonds is 6. The summed E-state index contributed by atoms with van der Waals surface area (Å²) in [5.41, 5.74) is 3.47. The van der Waals surface area contributed by atoms with Crippen LogP contribution in [0.2, 0.25) is 0 Å². The quantitative estimate of drug-likeness (QED) is 0.754. The number of aryl methyl sites for hydroxylation is 2. The number of hydrogen-bond acceptors (Lipinski definition) is 2. The summed E-state index contributed by atoms with van der Waals surface area (Å²) in [4.78, 5) is 22.5. The van der Waals surface area contributed by atoms with E-state index in [0.29, 0.717) is 6.54 Å². The van der Waals surface area contributed by atoms with Gasteiger partial charge in [-0.15, -0.1) is 0 Å². The molecule has 1 aliphatic rings. The number of amides is 2. The van der Waals surface area contributed by atoms with E-state index in [1.54, 1.807) is 0 Å². The van der Waals surface area contributed by atoms with Gasteiger partial charge in [0.15, 0.2) is 0 Å². The second-order valence-electron chi connectivity index (χ2n) is 5.54. The van der Waals surface area contributed by atoms with Crippen LogP contribution in [-0.4, -0.2) is 23.7 Å². The van der Waals surface area contributed by atoms with Gasteiger partial charge in [0, 0.05) is 18.7 Å². The Morgan fingerprint density at radius 3 is 2.76 bits per heavy atom. The van der Waals surface area contributed by atoms with E-state index in [0.717, 1.165) is 24.9 Å². The Kier molecular flexibility index (Phi) is 5.20. The zero-order valence-corrected chi connectivity index (χ0v) is 12.3. The SMILES string of the molecule is CCC(CNC(=O)Nc1ccc2c(c1)CCC2)CC(=O)O. The van der Waals surface area contributed by atoms with Crippen LogP contribution in [0.3, 0.4) is 0 Å². The van der Waals surface area contributed by atoms with Crippen molar-refractivity contribution in [2.75, 3.05) is 11.9 Å². The summed E-state index contributed by atoms with van der Waals surface area (Å²) in [5.74, 6) is -0.865. The third kappa shape index (κ3) is 4.48. The van der Waals surface area contributed by atoms with E-state index in [1.165, 1.54) is 17.5 Å². The van der Waals surface area contributed by atoms with E-state index < -0.39 is 5.97 Å². The maximum Gasteiger partial charge on any atom is 0.319 e. The minimum atomic E-state index is -0.831. The highest BCUT2D eigenvalue weighted by atomic mass is 16.4. The fourth-order valence-corrected chi connectivity index (χ4v) is 2.67. The maximum atomic E-state index is 11.8. The molecular weight excluding hydrogens is 268 g/mol. The number of benzene rings is 1. The third-order valence-corrected chi connectivity index (χ3v) is 3.95. The molecule has 0 saturated heterocycles. The Labute approximate surface area is 124 Å². The third-order valence-electron chi connectivity index (χ3n) is 3.95. The normalized spacial score (nSPS) is 14.3. The summed E-state index contributed by atoms with van der Waals surface area (Å²) in [6.45, 7) is 2.30. The first-order valence-electron chi connectivity index (χ1n) is 7.47. The van der Waals surface area contributed by atoms with Crippen molar-refractivity contribution in [2.45, 2.75) is 39.0 Å². The van der Waals surface area contributed by atoms with Crippen molar-refractivity contribution in [3.63, 3.8) is 0 Å². The second kappa shape index (κ2) is 7.11. The lowest BCUT2D eigenvalue weighted by molar-refractivity contribution is -0.138. The molecule has 5 nitrogen and oxygen atoms in total. The van der Waals surface area contributed by atoms with Gasteiger partial charge in [0.1, 0.15) is 0 Å². The Hall–Kier alpha value is -2.04. The fourth-order valence-electron chi connectivity index (χ4n) is 2.67. The molecule has 1 aliphatic carbocycles. The molecule has 21 heavy (non-hydrogen) atoms. The number of carboxylic acids is 1. The predicted molar refractivity (Wildman–Crippen MR) is 81.5 cm³/mol. The number of fused-ring (bicyclic) bond motifs is 1.